The van der Waals surface area contributed by atoms with Gasteiger partial charge in [0, 0.05) is 6.20 Å². The molecule has 1 aromatic rings. The van der Waals surface area contributed by atoms with E-state index in [4.69, 9.17) is 5.73 Å². The van der Waals surface area contributed by atoms with E-state index in [1.54, 1.807) is 0 Å². The van der Waals surface area contributed by atoms with Gasteiger partial charge >= 0.3 is 12.1 Å². The van der Waals surface area contributed by atoms with Gasteiger partial charge in [-0.2, -0.15) is 13.2 Å². The molecule has 0 saturated carbocycles. The highest BCUT2D eigenvalue weighted by atomic mass is 19.4. The summed E-state index contributed by atoms with van der Waals surface area (Å²) in [6.07, 6.45) is -3.12. The topological polar surface area (TPSA) is 66.5 Å². The Balaban J connectivity index is 2.67. The van der Waals surface area contributed by atoms with Crippen LogP contribution in [0.15, 0.2) is 12.3 Å². The molecule has 0 amide bonds. The Hall–Kier alpha value is -1.70. The molecule has 0 radical (unpaired) electrons. The van der Waals surface area contributed by atoms with Crippen molar-refractivity contribution < 1.29 is 27.4 Å². The smallest absolute Gasteiger partial charge is 0.411 e. The molecule has 0 aliphatic carbocycles. The molecule has 0 bridgehead atoms. The second-order valence-electron chi connectivity index (χ2n) is 3.21. The van der Waals surface area contributed by atoms with Crippen LogP contribution < -0.4 is 5.73 Å². The Kier molecular flexibility index (Phi) is 4.00. The number of hydrogen-bond acceptors (Lipinski definition) is 4. The number of esters is 1. The van der Waals surface area contributed by atoms with Crippen LogP contribution in [0.2, 0.25) is 0 Å². The number of methoxy groups -OCH3 is 1. The Labute approximate surface area is 94.9 Å². The highest BCUT2D eigenvalue weighted by Gasteiger charge is 2.27. The summed E-state index contributed by atoms with van der Waals surface area (Å²) in [5, 5.41) is 0. The van der Waals surface area contributed by atoms with Crippen molar-refractivity contribution in [1.82, 2.24) is 4.57 Å². The Morgan fingerprint density at radius 1 is 1.53 bits per heavy atom. The van der Waals surface area contributed by atoms with Crippen molar-refractivity contribution in [1.29, 1.82) is 0 Å². The summed E-state index contributed by atoms with van der Waals surface area (Å²) in [5.74, 6) is -0.697. The SMILES string of the molecule is COC(=O)c1cc(N)cn1COCC(F)(F)F. The molecule has 0 atom stereocenters. The number of aromatic nitrogens is 1. The number of anilines is 1. The number of nitrogen functional groups attached to an aromatic ring is 1. The third kappa shape index (κ3) is 3.99. The summed E-state index contributed by atoms with van der Waals surface area (Å²) in [7, 11) is 1.16. The molecule has 0 aliphatic heterocycles. The number of nitrogens with two attached hydrogens (primary N) is 1. The van der Waals surface area contributed by atoms with Crippen molar-refractivity contribution in [2.24, 2.45) is 0 Å². The van der Waals surface area contributed by atoms with Crippen LogP contribution in [0.3, 0.4) is 0 Å². The molecule has 0 unspecified atom stereocenters. The number of ether oxygens (including phenoxy) is 2. The van der Waals surface area contributed by atoms with Crippen molar-refractivity contribution in [3.05, 3.63) is 18.0 Å². The molecule has 0 aromatic carbocycles. The van der Waals surface area contributed by atoms with Crippen LogP contribution in [0.1, 0.15) is 10.5 Å². The van der Waals surface area contributed by atoms with Crippen LogP contribution in [-0.2, 0) is 16.2 Å². The fourth-order valence-electron chi connectivity index (χ4n) is 1.17. The molecule has 0 spiro atoms. The van der Waals surface area contributed by atoms with Gasteiger partial charge in [-0.05, 0) is 6.07 Å². The monoisotopic (exact) mass is 252 g/mol. The maximum Gasteiger partial charge on any atom is 0.411 e. The van der Waals surface area contributed by atoms with Gasteiger partial charge in [0.15, 0.2) is 0 Å². The van der Waals surface area contributed by atoms with E-state index in [-0.39, 0.29) is 11.4 Å². The summed E-state index contributed by atoms with van der Waals surface area (Å²) in [5.41, 5.74) is 5.69. The van der Waals surface area contributed by atoms with Gasteiger partial charge in [-0.15, -0.1) is 0 Å². The third-order valence-corrected chi connectivity index (χ3v) is 1.81. The number of carbonyl (C=O) groups excluding carboxylic acids is 1. The Morgan fingerprint density at radius 3 is 2.71 bits per heavy atom. The molecule has 1 heterocycles. The molecule has 1 aromatic heterocycles. The maximum absolute atomic E-state index is 11.8. The standard InChI is InChI=1S/C9H11F3N2O3/c1-16-8(15)7-2-6(13)3-14(7)5-17-4-9(10,11)12/h2-3H,4-5,13H2,1H3. The van der Waals surface area contributed by atoms with E-state index in [0.29, 0.717) is 0 Å². The molecule has 0 fully saturated rings. The van der Waals surface area contributed by atoms with Crippen LogP contribution in [0.4, 0.5) is 18.9 Å². The van der Waals surface area contributed by atoms with Gasteiger partial charge in [0.2, 0.25) is 0 Å². The van der Waals surface area contributed by atoms with Crippen LogP contribution in [0.25, 0.3) is 0 Å². The lowest BCUT2D eigenvalue weighted by molar-refractivity contribution is -0.181. The third-order valence-electron chi connectivity index (χ3n) is 1.81. The van der Waals surface area contributed by atoms with Crippen molar-refractivity contribution >= 4 is 11.7 Å². The van der Waals surface area contributed by atoms with Gasteiger partial charge < -0.3 is 19.8 Å². The van der Waals surface area contributed by atoms with Gasteiger partial charge in [-0.25, -0.2) is 4.79 Å². The largest absolute Gasteiger partial charge is 0.464 e. The molecule has 1 rings (SSSR count). The average molecular weight is 252 g/mol. The first-order valence-electron chi connectivity index (χ1n) is 4.52. The lowest BCUT2D eigenvalue weighted by Gasteiger charge is -2.10. The minimum Gasteiger partial charge on any atom is -0.464 e. The molecular formula is C9H11F3N2O3. The highest BCUT2D eigenvalue weighted by Crippen LogP contribution is 2.16. The van der Waals surface area contributed by atoms with Crippen molar-refractivity contribution in [3.8, 4) is 0 Å². The summed E-state index contributed by atoms with van der Waals surface area (Å²) in [6, 6.07) is 1.29. The first kappa shape index (κ1) is 13.4. The van der Waals surface area contributed by atoms with Crippen molar-refractivity contribution in [2.75, 3.05) is 19.5 Å². The van der Waals surface area contributed by atoms with Crippen LogP contribution in [-0.4, -0.2) is 30.4 Å². The minimum absolute atomic E-state index is 0.0344. The highest BCUT2D eigenvalue weighted by molar-refractivity contribution is 5.88. The van der Waals surface area contributed by atoms with E-state index in [9.17, 15) is 18.0 Å². The normalized spacial score (nSPS) is 11.5. The predicted molar refractivity (Wildman–Crippen MR) is 52.2 cm³/mol. The van der Waals surface area contributed by atoms with E-state index in [0.717, 1.165) is 11.7 Å². The van der Waals surface area contributed by atoms with E-state index in [1.807, 2.05) is 0 Å². The zero-order valence-electron chi connectivity index (χ0n) is 8.95. The van der Waals surface area contributed by atoms with E-state index in [1.165, 1.54) is 12.3 Å². The summed E-state index contributed by atoms with van der Waals surface area (Å²) < 4.78 is 45.5. The first-order valence-corrected chi connectivity index (χ1v) is 4.52. The molecule has 8 heteroatoms. The second kappa shape index (κ2) is 5.09. The van der Waals surface area contributed by atoms with E-state index >= 15 is 0 Å². The van der Waals surface area contributed by atoms with Crippen LogP contribution in [0.5, 0.6) is 0 Å². The lowest BCUT2D eigenvalue weighted by atomic mass is 10.4. The molecule has 0 saturated heterocycles. The molecule has 2 N–H and O–H groups in total. The fraction of sp³-hybridized carbons (Fsp3) is 0.444. The molecule has 0 aliphatic rings. The van der Waals surface area contributed by atoms with Crippen LogP contribution >= 0.6 is 0 Å². The summed E-state index contributed by atoms with van der Waals surface area (Å²) in [4.78, 5) is 11.2. The van der Waals surface area contributed by atoms with Gasteiger partial charge in [0.1, 0.15) is 19.0 Å². The Bertz CT molecular complexity index is 401. The van der Waals surface area contributed by atoms with Crippen molar-refractivity contribution in [2.45, 2.75) is 12.9 Å². The maximum atomic E-state index is 11.8. The Morgan fingerprint density at radius 2 is 2.18 bits per heavy atom. The molecule has 5 nitrogen and oxygen atoms in total. The molecular weight excluding hydrogens is 241 g/mol. The fourth-order valence-corrected chi connectivity index (χ4v) is 1.17. The number of nitrogens with zero attached hydrogens (tertiary/aromatic N) is 1. The molecule has 96 valence electrons. The van der Waals surface area contributed by atoms with Gasteiger partial charge in [-0.1, -0.05) is 0 Å². The molecule has 17 heavy (non-hydrogen) atoms. The average Bonchev–Trinajstić information content (AvgIpc) is 2.57. The van der Waals surface area contributed by atoms with Gasteiger partial charge in [0.05, 0.1) is 12.8 Å². The number of hydrogen-bond donors (Lipinski definition) is 1. The van der Waals surface area contributed by atoms with Crippen molar-refractivity contribution in [3.63, 3.8) is 0 Å². The lowest BCUT2D eigenvalue weighted by Crippen LogP contribution is -2.19. The quantitative estimate of drug-likeness (QED) is 0.822. The van der Waals surface area contributed by atoms with E-state index < -0.39 is 25.5 Å². The van der Waals surface area contributed by atoms with Gasteiger partial charge in [0.25, 0.3) is 0 Å². The zero-order valence-corrected chi connectivity index (χ0v) is 8.95. The number of rotatable bonds is 4. The summed E-state index contributed by atoms with van der Waals surface area (Å²) >= 11 is 0. The predicted octanol–water partition coefficient (Wildman–Crippen LogP) is 1.39. The number of alkyl halides is 3. The number of halogens is 3. The first-order chi connectivity index (χ1) is 7.83. The summed E-state index contributed by atoms with van der Waals surface area (Å²) in [6.45, 7) is -1.83. The minimum atomic E-state index is -4.41. The van der Waals surface area contributed by atoms with Gasteiger partial charge in [-0.3, -0.25) is 0 Å². The second-order valence-corrected chi connectivity index (χ2v) is 3.21. The zero-order chi connectivity index (χ0) is 13.1. The number of carbonyl (C=O) groups is 1. The van der Waals surface area contributed by atoms with E-state index in [2.05, 4.69) is 9.47 Å². The van der Waals surface area contributed by atoms with Crippen LogP contribution in [0, 0.1) is 0 Å².